The first kappa shape index (κ1) is 13.8. The molecule has 5 nitrogen and oxygen atoms in total. The van der Waals surface area contributed by atoms with Gasteiger partial charge in [0.1, 0.15) is 0 Å². The molecule has 5 heteroatoms. The average Bonchev–Trinajstić information content (AvgIpc) is 2.66. The summed E-state index contributed by atoms with van der Waals surface area (Å²) >= 11 is 0. The number of rotatable bonds is 2. The van der Waals surface area contributed by atoms with Gasteiger partial charge in [-0.25, -0.2) is 4.79 Å². The van der Waals surface area contributed by atoms with E-state index in [1.807, 2.05) is 6.92 Å². The fourth-order valence-corrected chi connectivity index (χ4v) is 2.43. The topological polar surface area (TPSA) is 63.7 Å². The van der Waals surface area contributed by atoms with Crippen molar-refractivity contribution in [2.45, 2.75) is 51.9 Å². The number of amides is 2. The zero-order valence-electron chi connectivity index (χ0n) is 11.2. The van der Waals surface area contributed by atoms with Crippen LogP contribution in [0.15, 0.2) is 12.2 Å². The molecule has 2 amide bonds. The van der Waals surface area contributed by atoms with Gasteiger partial charge in [0, 0.05) is 12.8 Å². The number of nitrogens with zero attached hydrogens (tertiary/aromatic N) is 1. The maximum absolute atomic E-state index is 12.2. The van der Waals surface area contributed by atoms with Crippen LogP contribution in [-0.4, -0.2) is 22.8 Å². The van der Waals surface area contributed by atoms with Crippen LogP contribution in [0.3, 0.4) is 0 Å². The molecule has 0 unspecified atom stereocenters. The van der Waals surface area contributed by atoms with E-state index in [-0.39, 0.29) is 12.8 Å². The van der Waals surface area contributed by atoms with Crippen LogP contribution in [0, 0.1) is 5.41 Å². The van der Waals surface area contributed by atoms with Gasteiger partial charge in [-0.05, 0) is 39.0 Å². The van der Waals surface area contributed by atoms with Crippen LogP contribution >= 0.6 is 0 Å². The van der Waals surface area contributed by atoms with E-state index in [1.165, 1.54) is 0 Å². The van der Waals surface area contributed by atoms with Crippen LogP contribution in [0.4, 0.5) is 0 Å². The Hall–Kier alpha value is -1.65. The Morgan fingerprint density at radius 1 is 1.16 bits per heavy atom. The second-order valence-corrected chi connectivity index (χ2v) is 5.42. The third kappa shape index (κ3) is 3.03. The van der Waals surface area contributed by atoms with Crippen LogP contribution in [0.2, 0.25) is 0 Å². The minimum atomic E-state index is -0.617. The third-order valence-electron chi connectivity index (χ3n) is 3.80. The standard InChI is InChI=1S/C14H19NO4/c1-14(9-5-3-2-4-6-10-14)13(18)19-15-11(16)7-8-12(15)17/h2-3H,4-10H2,1H3/b3-2+/t14-/m0/s1. The van der Waals surface area contributed by atoms with Crippen molar-refractivity contribution in [1.82, 2.24) is 5.06 Å². The fraction of sp³-hybridized carbons (Fsp3) is 0.643. The first-order valence-electron chi connectivity index (χ1n) is 6.76. The molecular formula is C14H19NO4. The highest BCUT2D eigenvalue weighted by atomic mass is 16.7. The van der Waals surface area contributed by atoms with Gasteiger partial charge in [-0.2, -0.15) is 0 Å². The predicted octanol–water partition coefficient (Wildman–Crippen LogP) is 2.12. The van der Waals surface area contributed by atoms with Gasteiger partial charge in [0.25, 0.3) is 11.8 Å². The Morgan fingerprint density at radius 3 is 2.47 bits per heavy atom. The summed E-state index contributed by atoms with van der Waals surface area (Å²) in [5.41, 5.74) is -0.617. The molecule has 0 spiro atoms. The Bertz CT molecular complexity index is 413. The minimum Gasteiger partial charge on any atom is -0.330 e. The molecule has 0 radical (unpaired) electrons. The molecule has 2 rings (SSSR count). The second-order valence-electron chi connectivity index (χ2n) is 5.42. The summed E-state index contributed by atoms with van der Waals surface area (Å²) in [5, 5.41) is 0.641. The van der Waals surface area contributed by atoms with Crippen LogP contribution in [0.25, 0.3) is 0 Å². The summed E-state index contributed by atoms with van der Waals surface area (Å²) < 4.78 is 0. The lowest BCUT2D eigenvalue weighted by Crippen LogP contribution is -2.39. The van der Waals surface area contributed by atoms with Crippen molar-refractivity contribution in [2.24, 2.45) is 5.41 Å². The smallest absolute Gasteiger partial charge is 0.330 e. The Labute approximate surface area is 112 Å². The summed E-state index contributed by atoms with van der Waals surface area (Å²) in [6.45, 7) is 1.85. The van der Waals surface area contributed by atoms with E-state index >= 15 is 0 Å². The van der Waals surface area contributed by atoms with Crippen molar-refractivity contribution in [2.75, 3.05) is 0 Å². The lowest BCUT2D eigenvalue weighted by Gasteiger charge is -2.28. The van der Waals surface area contributed by atoms with Crippen molar-refractivity contribution >= 4 is 17.8 Å². The lowest BCUT2D eigenvalue weighted by molar-refractivity contribution is -0.205. The Morgan fingerprint density at radius 2 is 1.79 bits per heavy atom. The summed E-state index contributed by atoms with van der Waals surface area (Å²) in [4.78, 5) is 40.2. The van der Waals surface area contributed by atoms with Gasteiger partial charge in [-0.15, -0.1) is 5.06 Å². The quantitative estimate of drug-likeness (QED) is 0.566. The molecule has 0 N–H and O–H groups in total. The van der Waals surface area contributed by atoms with Gasteiger partial charge in [0.2, 0.25) is 0 Å². The molecule has 1 heterocycles. The summed E-state index contributed by atoms with van der Waals surface area (Å²) in [7, 11) is 0. The number of carbonyl (C=O) groups excluding carboxylic acids is 3. The van der Waals surface area contributed by atoms with Crippen molar-refractivity contribution in [1.29, 1.82) is 0 Å². The molecule has 1 saturated heterocycles. The molecular weight excluding hydrogens is 246 g/mol. The molecule has 1 atom stereocenters. The normalized spacial score (nSPS) is 29.8. The van der Waals surface area contributed by atoms with Gasteiger partial charge < -0.3 is 4.84 Å². The summed E-state index contributed by atoms with van der Waals surface area (Å²) in [6.07, 6.45) is 8.51. The number of hydrogen-bond acceptors (Lipinski definition) is 4. The largest absolute Gasteiger partial charge is 0.339 e. The predicted molar refractivity (Wildman–Crippen MR) is 67.5 cm³/mol. The Kier molecular flexibility index (Phi) is 4.02. The van der Waals surface area contributed by atoms with E-state index < -0.39 is 23.2 Å². The van der Waals surface area contributed by atoms with Gasteiger partial charge in [0.05, 0.1) is 5.41 Å². The second kappa shape index (κ2) is 5.55. The van der Waals surface area contributed by atoms with Gasteiger partial charge in [0.15, 0.2) is 0 Å². The molecule has 0 bridgehead atoms. The van der Waals surface area contributed by atoms with Gasteiger partial charge in [-0.1, -0.05) is 12.2 Å². The van der Waals surface area contributed by atoms with Crippen LogP contribution in [0.1, 0.15) is 51.9 Å². The van der Waals surface area contributed by atoms with Crippen LogP contribution in [0.5, 0.6) is 0 Å². The van der Waals surface area contributed by atoms with E-state index in [0.717, 1.165) is 19.3 Å². The molecule has 0 aromatic carbocycles. The monoisotopic (exact) mass is 265 g/mol. The SMILES string of the molecule is C[C@]1(C(=O)ON2C(=O)CCC2=O)CC/C=C/CCC1. The number of imide groups is 1. The fourth-order valence-electron chi connectivity index (χ4n) is 2.43. The van der Waals surface area contributed by atoms with Crippen LogP contribution in [-0.2, 0) is 19.2 Å². The zero-order chi connectivity index (χ0) is 13.9. The zero-order valence-corrected chi connectivity index (χ0v) is 11.2. The van der Waals surface area contributed by atoms with Crippen molar-refractivity contribution in [3.8, 4) is 0 Å². The van der Waals surface area contributed by atoms with Crippen molar-refractivity contribution < 1.29 is 19.2 Å². The number of carbonyl (C=O) groups is 3. The number of hydrogen-bond donors (Lipinski definition) is 0. The highest BCUT2D eigenvalue weighted by Gasteiger charge is 2.40. The maximum atomic E-state index is 12.2. The first-order chi connectivity index (χ1) is 9.03. The Balaban J connectivity index is 2.03. The van der Waals surface area contributed by atoms with Crippen LogP contribution < -0.4 is 0 Å². The van der Waals surface area contributed by atoms with Crippen molar-refractivity contribution in [3.63, 3.8) is 0 Å². The minimum absolute atomic E-state index is 0.131. The molecule has 1 aliphatic heterocycles. The molecule has 19 heavy (non-hydrogen) atoms. The molecule has 0 aromatic heterocycles. The highest BCUT2D eigenvalue weighted by Crippen LogP contribution is 2.34. The van der Waals surface area contributed by atoms with E-state index in [9.17, 15) is 14.4 Å². The lowest BCUT2D eigenvalue weighted by atomic mass is 9.79. The van der Waals surface area contributed by atoms with E-state index in [2.05, 4.69) is 12.2 Å². The summed E-state index contributed by atoms with van der Waals surface area (Å²) in [6, 6.07) is 0. The molecule has 1 fully saturated rings. The molecule has 1 aliphatic carbocycles. The average molecular weight is 265 g/mol. The first-order valence-corrected chi connectivity index (χ1v) is 6.76. The molecule has 0 aromatic rings. The highest BCUT2D eigenvalue weighted by molar-refractivity contribution is 6.01. The van der Waals surface area contributed by atoms with E-state index in [1.54, 1.807) is 0 Å². The molecule has 0 saturated carbocycles. The molecule has 2 aliphatic rings. The maximum Gasteiger partial charge on any atom is 0.339 e. The summed E-state index contributed by atoms with van der Waals surface area (Å²) in [5.74, 6) is -1.31. The van der Waals surface area contributed by atoms with Gasteiger partial charge in [-0.3, -0.25) is 9.59 Å². The number of hydroxylamine groups is 2. The van der Waals surface area contributed by atoms with Crippen molar-refractivity contribution in [3.05, 3.63) is 12.2 Å². The van der Waals surface area contributed by atoms with Gasteiger partial charge >= 0.3 is 5.97 Å². The molecule has 104 valence electrons. The number of allylic oxidation sites excluding steroid dienone is 2. The van der Waals surface area contributed by atoms with E-state index in [4.69, 9.17) is 4.84 Å². The van der Waals surface area contributed by atoms with E-state index in [0.29, 0.717) is 17.9 Å². The third-order valence-corrected chi connectivity index (χ3v) is 3.80.